The lowest BCUT2D eigenvalue weighted by Crippen LogP contribution is -2.43. The number of benzene rings is 1. The Morgan fingerprint density at radius 2 is 1.83 bits per heavy atom. The molecule has 2 heterocycles. The van der Waals surface area contributed by atoms with Crippen LogP contribution in [0.5, 0.6) is 0 Å². The molecule has 1 N–H and O–H groups in total. The molecule has 0 unspecified atom stereocenters. The van der Waals surface area contributed by atoms with Crippen molar-refractivity contribution in [2.45, 2.75) is 26.3 Å². The summed E-state index contributed by atoms with van der Waals surface area (Å²) in [5.74, 6) is -1.41. The molecule has 0 radical (unpaired) electrons. The van der Waals surface area contributed by atoms with Crippen molar-refractivity contribution in [3.8, 4) is 0 Å². The fraction of sp³-hybridized carbons (Fsp3) is 0.261. The number of nitrogens with one attached hydrogen (secondary N) is 1. The molecule has 0 fully saturated rings. The average molecular weight is 408 g/mol. The van der Waals surface area contributed by atoms with Crippen LogP contribution in [0.1, 0.15) is 37.9 Å². The molecular formula is C23H24N2O5. The molecule has 0 saturated carbocycles. The molecule has 1 amide bonds. The number of carbonyl (C=O) groups excluding carboxylic acids is 3. The normalized spacial score (nSPS) is 11.7. The first kappa shape index (κ1) is 21.1. The van der Waals surface area contributed by atoms with E-state index in [2.05, 4.69) is 5.32 Å². The van der Waals surface area contributed by atoms with Gasteiger partial charge in [0, 0.05) is 30.4 Å². The first-order chi connectivity index (χ1) is 14.4. The molecule has 0 aliphatic rings. The Bertz CT molecular complexity index is 1040. The third-order valence-electron chi connectivity index (χ3n) is 5.04. The highest BCUT2D eigenvalue weighted by molar-refractivity contribution is 6.00. The number of aromatic nitrogens is 1. The van der Waals surface area contributed by atoms with Crippen molar-refractivity contribution in [1.82, 2.24) is 9.88 Å². The number of nitrogens with zero attached hydrogens (tertiary/aromatic N) is 1. The van der Waals surface area contributed by atoms with E-state index in [0.29, 0.717) is 5.56 Å². The van der Waals surface area contributed by atoms with Crippen LogP contribution in [-0.4, -0.2) is 34.9 Å². The van der Waals surface area contributed by atoms with Crippen molar-refractivity contribution in [3.63, 3.8) is 0 Å². The number of hydrogen-bond acceptors (Lipinski definition) is 5. The maximum atomic E-state index is 12.7. The summed E-state index contributed by atoms with van der Waals surface area (Å²) in [5, 5.41) is 2.63. The van der Waals surface area contributed by atoms with Crippen LogP contribution in [0.2, 0.25) is 0 Å². The van der Waals surface area contributed by atoms with E-state index >= 15 is 0 Å². The van der Waals surface area contributed by atoms with Gasteiger partial charge in [0.2, 0.25) is 5.78 Å². The average Bonchev–Trinajstić information content (AvgIpc) is 3.37. The van der Waals surface area contributed by atoms with Crippen molar-refractivity contribution < 1.29 is 23.5 Å². The van der Waals surface area contributed by atoms with Crippen LogP contribution in [0.3, 0.4) is 0 Å². The molecule has 2 aromatic heterocycles. The molecule has 1 atom stereocenters. The number of hydrogen-bond donors (Lipinski definition) is 1. The summed E-state index contributed by atoms with van der Waals surface area (Å²) in [6, 6.07) is 13.1. The molecule has 0 aliphatic heterocycles. The van der Waals surface area contributed by atoms with E-state index in [4.69, 9.17) is 9.15 Å². The quantitative estimate of drug-likeness (QED) is 0.457. The van der Waals surface area contributed by atoms with E-state index in [0.717, 1.165) is 17.0 Å². The first-order valence-corrected chi connectivity index (χ1v) is 9.58. The lowest BCUT2D eigenvalue weighted by molar-refractivity contribution is -0.144. The van der Waals surface area contributed by atoms with E-state index in [9.17, 15) is 14.4 Å². The SMILES string of the molecule is Cc1cc(C(=O)COC(=O)[C@H](Cc2ccccc2)NC(=O)c2ccco2)c(C)n1C. The molecule has 3 aromatic rings. The largest absolute Gasteiger partial charge is 0.459 e. The van der Waals surface area contributed by atoms with E-state index in [1.54, 1.807) is 12.1 Å². The standard InChI is InChI=1S/C23H24N2O5/c1-15-12-18(16(2)25(15)3)20(26)14-30-23(28)19(13-17-8-5-4-6-9-17)24-22(27)21-10-7-11-29-21/h4-12,19H,13-14H2,1-3H3,(H,24,27)/t19-/m0/s1. The summed E-state index contributed by atoms with van der Waals surface area (Å²) in [6.45, 7) is 3.34. The van der Waals surface area contributed by atoms with Gasteiger partial charge in [-0.3, -0.25) is 9.59 Å². The Balaban J connectivity index is 1.69. The van der Waals surface area contributed by atoms with Gasteiger partial charge in [0.1, 0.15) is 6.04 Å². The summed E-state index contributed by atoms with van der Waals surface area (Å²) >= 11 is 0. The topological polar surface area (TPSA) is 90.5 Å². The van der Waals surface area contributed by atoms with Gasteiger partial charge in [-0.15, -0.1) is 0 Å². The minimum absolute atomic E-state index is 0.0901. The molecule has 7 nitrogen and oxygen atoms in total. The Morgan fingerprint density at radius 3 is 2.43 bits per heavy atom. The van der Waals surface area contributed by atoms with Crippen LogP contribution >= 0.6 is 0 Å². The molecule has 1 aromatic carbocycles. The molecule has 0 saturated heterocycles. The molecular weight excluding hydrogens is 384 g/mol. The van der Waals surface area contributed by atoms with Gasteiger partial charge in [0.05, 0.1) is 6.26 Å². The molecule has 0 aliphatic carbocycles. The Hall–Kier alpha value is -3.61. The molecule has 7 heteroatoms. The van der Waals surface area contributed by atoms with E-state index in [1.807, 2.05) is 55.8 Å². The lowest BCUT2D eigenvalue weighted by Gasteiger charge is -2.17. The van der Waals surface area contributed by atoms with Gasteiger partial charge in [0.15, 0.2) is 12.4 Å². The summed E-state index contributed by atoms with van der Waals surface area (Å²) < 4.78 is 12.3. The molecule has 0 spiro atoms. The maximum absolute atomic E-state index is 12.7. The highest BCUT2D eigenvalue weighted by Crippen LogP contribution is 2.14. The minimum Gasteiger partial charge on any atom is -0.459 e. The van der Waals surface area contributed by atoms with Gasteiger partial charge < -0.3 is 19.0 Å². The van der Waals surface area contributed by atoms with Gasteiger partial charge in [-0.25, -0.2) is 4.79 Å². The van der Waals surface area contributed by atoms with Crippen molar-refractivity contribution in [2.75, 3.05) is 6.61 Å². The van der Waals surface area contributed by atoms with E-state index in [-0.39, 0.29) is 18.0 Å². The highest BCUT2D eigenvalue weighted by Gasteiger charge is 2.26. The van der Waals surface area contributed by atoms with E-state index in [1.165, 1.54) is 12.3 Å². The minimum atomic E-state index is -0.962. The monoisotopic (exact) mass is 408 g/mol. The van der Waals surface area contributed by atoms with Crippen molar-refractivity contribution in [3.05, 3.63) is 83.1 Å². The number of Topliss-reactive ketones (excluding diaryl/α,β-unsaturated/α-hetero) is 1. The fourth-order valence-corrected chi connectivity index (χ4v) is 3.13. The number of ether oxygens (including phenoxy) is 1. The predicted octanol–water partition coefficient (Wildman–Crippen LogP) is 3.00. The van der Waals surface area contributed by atoms with Crippen molar-refractivity contribution >= 4 is 17.7 Å². The summed E-state index contributed by atoms with van der Waals surface area (Å²) in [7, 11) is 1.87. The third-order valence-corrected chi connectivity index (χ3v) is 5.04. The zero-order chi connectivity index (χ0) is 21.7. The van der Waals surface area contributed by atoms with Gasteiger partial charge in [0.25, 0.3) is 5.91 Å². The Morgan fingerprint density at radius 1 is 1.10 bits per heavy atom. The van der Waals surface area contributed by atoms with Gasteiger partial charge in [-0.05, 0) is 37.6 Å². The van der Waals surface area contributed by atoms with Crippen LogP contribution in [0.25, 0.3) is 0 Å². The Labute approximate surface area is 174 Å². The van der Waals surface area contributed by atoms with Crippen LogP contribution < -0.4 is 5.32 Å². The Kier molecular flexibility index (Phi) is 6.51. The van der Waals surface area contributed by atoms with Crippen molar-refractivity contribution in [2.24, 2.45) is 7.05 Å². The van der Waals surface area contributed by atoms with Crippen molar-refractivity contribution in [1.29, 1.82) is 0 Å². The maximum Gasteiger partial charge on any atom is 0.329 e. The summed E-state index contributed by atoms with van der Waals surface area (Å²) in [6.07, 6.45) is 1.60. The number of amides is 1. The van der Waals surface area contributed by atoms with Crippen LogP contribution in [-0.2, 0) is 23.0 Å². The second kappa shape index (κ2) is 9.26. The second-order valence-electron chi connectivity index (χ2n) is 7.07. The van der Waals surface area contributed by atoms with Crippen LogP contribution in [0.15, 0.2) is 59.2 Å². The molecule has 156 valence electrons. The van der Waals surface area contributed by atoms with E-state index < -0.39 is 24.5 Å². The zero-order valence-electron chi connectivity index (χ0n) is 17.2. The molecule has 3 rings (SSSR count). The van der Waals surface area contributed by atoms with Gasteiger partial charge in [-0.1, -0.05) is 30.3 Å². The smallest absolute Gasteiger partial charge is 0.329 e. The number of ketones is 1. The number of furan rings is 1. The number of esters is 1. The third kappa shape index (κ3) is 4.86. The van der Waals surface area contributed by atoms with Crippen LogP contribution in [0, 0.1) is 13.8 Å². The number of rotatable bonds is 8. The van der Waals surface area contributed by atoms with Gasteiger partial charge in [-0.2, -0.15) is 0 Å². The first-order valence-electron chi connectivity index (χ1n) is 9.58. The fourth-order valence-electron chi connectivity index (χ4n) is 3.13. The van der Waals surface area contributed by atoms with Gasteiger partial charge >= 0.3 is 5.97 Å². The lowest BCUT2D eigenvalue weighted by atomic mass is 10.1. The highest BCUT2D eigenvalue weighted by atomic mass is 16.5. The predicted molar refractivity (Wildman–Crippen MR) is 110 cm³/mol. The van der Waals surface area contributed by atoms with Crippen LogP contribution in [0.4, 0.5) is 0 Å². The number of carbonyl (C=O) groups is 3. The number of aryl methyl sites for hydroxylation is 1. The summed E-state index contributed by atoms with van der Waals surface area (Å²) in [4.78, 5) is 37.6. The zero-order valence-corrected chi connectivity index (χ0v) is 17.2. The second-order valence-corrected chi connectivity index (χ2v) is 7.07. The summed E-state index contributed by atoms with van der Waals surface area (Å²) in [5.41, 5.74) is 3.11. The molecule has 0 bridgehead atoms. The molecule has 30 heavy (non-hydrogen) atoms.